The number of aryl methyl sites for hydroxylation is 2. The van der Waals surface area contributed by atoms with Crippen molar-refractivity contribution in [1.29, 1.82) is 0 Å². The molecule has 1 N–H and O–H groups in total. The lowest BCUT2D eigenvalue weighted by Gasteiger charge is -2.29. The van der Waals surface area contributed by atoms with Crippen LogP contribution in [-0.4, -0.2) is 35.9 Å². The lowest BCUT2D eigenvalue weighted by atomic mass is 10.1. The lowest BCUT2D eigenvalue weighted by molar-refractivity contribution is -0.142. The first-order chi connectivity index (χ1) is 13.5. The van der Waals surface area contributed by atoms with Gasteiger partial charge in [0.25, 0.3) is 5.91 Å². The van der Waals surface area contributed by atoms with Gasteiger partial charge in [0, 0.05) is 13.1 Å². The topological polar surface area (TPSA) is 58.6 Å². The molecule has 2 aromatic carbocycles. The van der Waals surface area contributed by atoms with Crippen molar-refractivity contribution in [2.75, 3.05) is 13.2 Å². The first-order valence-electron chi connectivity index (χ1n) is 9.79. The number of carbonyl (C=O) groups excluding carboxylic acids is 2. The molecule has 0 heterocycles. The van der Waals surface area contributed by atoms with Gasteiger partial charge in [-0.2, -0.15) is 0 Å². The molecule has 150 valence electrons. The highest BCUT2D eigenvalue weighted by Gasteiger charge is 2.26. The Balaban J connectivity index is 2.12. The maximum absolute atomic E-state index is 12.9. The Bertz CT molecular complexity index is 787. The van der Waals surface area contributed by atoms with Gasteiger partial charge in [-0.3, -0.25) is 9.59 Å². The van der Waals surface area contributed by atoms with Gasteiger partial charge in [-0.15, -0.1) is 0 Å². The molecule has 2 amide bonds. The minimum absolute atomic E-state index is 0.110. The maximum atomic E-state index is 12.9. The van der Waals surface area contributed by atoms with Gasteiger partial charge in [-0.1, -0.05) is 43.3 Å². The van der Waals surface area contributed by atoms with Crippen LogP contribution in [0.1, 0.15) is 37.5 Å². The molecular weight excluding hydrogens is 352 g/mol. The summed E-state index contributed by atoms with van der Waals surface area (Å²) < 4.78 is 5.68. The van der Waals surface area contributed by atoms with Crippen molar-refractivity contribution in [2.24, 2.45) is 0 Å². The third-order valence-corrected chi connectivity index (χ3v) is 4.81. The van der Waals surface area contributed by atoms with E-state index in [1.54, 1.807) is 11.8 Å². The van der Waals surface area contributed by atoms with E-state index in [1.807, 2.05) is 62.4 Å². The van der Waals surface area contributed by atoms with Gasteiger partial charge < -0.3 is 15.0 Å². The molecule has 1 atom stereocenters. The van der Waals surface area contributed by atoms with E-state index in [9.17, 15) is 9.59 Å². The molecule has 0 aromatic heterocycles. The fourth-order valence-corrected chi connectivity index (χ4v) is 2.92. The van der Waals surface area contributed by atoms with Gasteiger partial charge in [0.1, 0.15) is 11.8 Å². The number of rotatable bonds is 9. The Morgan fingerprint density at radius 1 is 1.07 bits per heavy atom. The first-order valence-corrected chi connectivity index (χ1v) is 9.79. The average Bonchev–Trinajstić information content (AvgIpc) is 2.71. The number of nitrogens with one attached hydrogen (secondary N) is 1. The van der Waals surface area contributed by atoms with Crippen LogP contribution in [0.5, 0.6) is 5.75 Å². The van der Waals surface area contributed by atoms with E-state index in [0.29, 0.717) is 18.8 Å². The van der Waals surface area contributed by atoms with Crippen LogP contribution in [-0.2, 0) is 22.6 Å². The monoisotopic (exact) mass is 382 g/mol. The largest absolute Gasteiger partial charge is 0.484 e. The van der Waals surface area contributed by atoms with Crippen molar-refractivity contribution in [1.82, 2.24) is 10.2 Å². The predicted molar refractivity (Wildman–Crippen MR) is 111 cm³/mol. The molecule has 5 heteroatoms. The molecule has 0 spiro atoms. The highest BCUT2D eigenvalue weighted by molar-refractivity contribution is 5.87. The minimum Gasteiger partial charge on any atom is -0.484 e. The summed E-state index contributed by atoms with van der Waals surface area (Å²) in [7, 11) is 0. The van der Waals surface area contributed by atoms with Crippen LogP contribution in [0, 0.1) is 6.92 Å². The fraction of sp³-hybridized carbons (Fsp3) is 0.391. The SMILES string of the molecule is CCNC(=O)[C@@H](C)N(Cc1ccccc1C)C(=O)COc1ccc(CC)cc1. The van der Waals surface area contributed by atoms with E-state index in [1.165, 1.54) is 5.56 Å². The third-order valence-electron chi connectivity index (χ3n) is 4.81. The predicted octanol–water partition coefficient (Wildman–Crippen LogP) is 3.49. The van der Waals surface area contributed by atoms with Crippen LogP contribution in [0.25, 0.3) is 0 Å². The molecule has 2 rings (SSSR count). The van der Waals surface area contributed by atoms with Crippen LogP contribution in [0.2, 0.25) is 0 Å². The quantitative estimate of drug-likeness (QED) is 0.722. The molecule has 0 saturated carbocycles. The standard InChI is InChI=1S/C23H30N2O3/c1-5-19-11-13-21(14-12-19)28-16-22(26)25(18(4)23(27)24-6-2)15-20-10-8-7-9-17(20)3/h7-14,18H,5-6,15-16H2,1-4H3,(H,24,27)/t18-/m1/s1. The summed E-state index contributed by atoms with van der Waals surface area (Å²) in [5, 5.41) is 2.79. The molecule has 2 aromatic rings. The van der Waals surface area contributed by atoms with E-state index in [2.05, 4.69) is 12.2 Å². The normalized spacial score (nSPS) is 11.6. The molecule has 0 aliphatic heterocycles. The average molecular weight is 383 g/mol. The number of nitrogens with zero attached hydrogens (tertiary/aromatic N) is 1. The second-order valence-corrected chi connectivity index (χ2v) is 6.80. The third kappa shape index (κ3) is 5.84. The number of ether oxygens (including phenoxy) is 1. The Morgan fingerprint density at radius 2 is 1.75 bits per heavy atom. The van der Waals surface area contributed by atoms with E-state index in [4.69, 9.17) is 4.74 Å². The van der Waals surface area contributed by atoms with Crippen molar-refractivity contribution in [3.63, 3.8) is 0 Å². The zero-order chi connectivity index (χ0) is 20.5. The van der Waals surface area contributed by atoms with Gasteiger partial charge in [-0.25, -0.2) is 0 Å². The molecule has 28 heavy (non-hydrogen) atoms. The second kappa shape index (κ2) is 10.5. The van der Waals surface area contributed by atoms with Crippen LogP contribution in [0.4, 0.5) is 0 Å². The molecule has 0 saturated heterocycles. The van der Waals surface area contributed by atoms with E-state index < -0.39 is 6.04 Å². The minimum atomic E-state index is -0.585. The zero-order valence-electron chi connectivity index (χ0n) is 17.2. The molecule has 0 radical (unpaired) electrons. The number of carbonyl (C=O) groups is 2. The van der Waals surface area contributed by atoms with E-state index in [-0.39, 0.29) is 18.4 Å². The van der Waals surface area contributed by atoms with Crippen molar-refractivity contribution < 1.29 is 14.3 Å². The molecule has 0 fully saturated rings. The molecule has 0 aliphatic rings. The fourth-order valence-electron chi connectivity index (χ4n) is 2.92. The van der Waals surface area contributed by atoms with Gasteiger partial charge in [0.15, 0.2) is 6.61 Å². The van der Waals surface area contributed by atoms with Gasteiger partial charge in [0.2, 0.25) is 5.91 Å². The number of benzene rings is 2. The molecule has 5 nitrogen and oxygen atoms in total. The van der Waals surface area contributed by atoms with Crippen LogP contribution < -0.4 is 10.1 Å². The molecular formula is C23H30N2O3. The highest BCUT2D eigenvalue weighted by Crippen LogP contribution is 2.16. The van der Waals surface area contributed by atoms with Crippen molar-refractivity contribution in [3.8, 4) is 5.75 Å². The van der Waals surface area contributed by atoms with Crippen LogP contribution >= 0.6 is 0 Å². The van der Waals surface area contributed by atoms with Crippen molar-refractivity contribution in [2.45, 2.75) is 46.7 Å². The van der Waals surface area contributed by atoms with Gasteiger partial charge in [-0.05, 0) is 56.0 Å². The maximum Gasteiger partial charge on any atom is 0.261 e. The summed E-state index contributed by atoms with van der Waals surface area (Å²) in [6.07, 6.45) is 0.952. The van der Waals surface area contributed by atoms with Gasteiger partial charge in [0.05, 0.1) is 0 Å². The summed E-state index contributed by atoms with van der Waals surface area (Å²) >= 11 is 0. The van der Waals surface area contributed by atoms with Crippen molar-refractivity contribution >= 4 is 11.8 Å². The van der Waals surface area contributed by atoms with Crippen molar-refractivity contribution in [3.05, 3.63) is 65.2 Å². The zero-order valence-corrected chi connectivity index (χ0v) is 17.2. The second-order valence-electron chi connectivity index (χ2n) is 6.80. The molecule has 0 bridgehead atoms. The lowest BCUT2D eigenvalue weighted by Crippen LogP contribution is -2.49. The van der Waals surface area contributed by atoms with Gasteiger partial charge >= 0.3 is 0 Å². The number of amides is 2. The number of hydrogen-bond donors (Lipinski definition) is 1. The molecule has 0 aliphatic carbocycles. The Kier molecular flexibility index (Phi) is 8.05. The number of likely N-dealkylation sites (N-methyl/N-ethyl adjacent to an activating group) is 1. The Labute approximate surface area is 167 Å². The highest BCUT2D eigenvalue weighted by atomic mass is 16.5. The smallest absolute Gasteiger partial charge is 0.261 e. The Morgan fingerprint density at radius 3 is 2.36 bits per heavy atom. The first kappa shape index (κ1) is 21.5. The van der Waals surface area contributed by atoms with Crippen LogP contribution in [0.3, 0.4) is 0 Å². The Hall–Kier alpha value is -2.82. The number of hydrogen-bond acceptors (Lipinski definition) is 3. The summed E-state index contributed by atoms with van der Waals surface area (Å²) in [4.78, 5) is 26.9. The summed E-state index contributed by atoms with van der Waals surface area (Å²) in [5.74, 6) is 0.255. The summed E-state index contributed by atoms with van der Waals surface area (Å²) in [6, 6.07) is 15.0. The van der Waals surface area contributed by atoms with Crippen LogP contribution in [0.15, 0.2) is 48.5 Å². The summed E-state index contributed by atoms with van der Waals surface area (Å²) in [5.41, 5.74) is 3.31. The summed E-state index contributed by atoms with van der Waals surface area (Å²) in [6.45, 7) is 8.48. The molecule has 0 unspecified atom stereocenters. The van der Waals surface area contributed by atoms with E-state index >= 15 is 0 Å². The van der Waals surface area contributed by atoms with E-state index in [0.717, 1.165) is 17.5 Å².